The Balaban J connectivity index is 1.57. The quantitative estimate of drug-likeness (QED) is 0.431. The second kappa shape index (κ2) is 8.77. The Bertz CT molecular complexity index is 969. The van der Waals surface area contributed by atoms with Crippen LogP contribution in [0.25, 0.3) is 0 Å². The number of rotatable bonds is 7. The average molecular weight is 409 g/mol. The van der Waals surface area contributed by atoms with Crippen LogP contribution in [0.2, 0.25) is 0 Å². The van der Waals surface area contributed by atoms with Crippen molar-refractivity contribution >= 4 is 24.1 Å². The average Bonchev–Trinajstić information content (AvgIpc) is 2.99. The lowest BCUT2D eigenvalue weighted by atomic mass is 10.00. The zero-order valence-corrected chi connectivity index (χ0v) is 17.0. The molecule has 3 amide bonds. The molecule has 0 aliphatic carbocycles. The SMILES string of the molecule is CCC1(C)NC(=O)N(N=Cc2ccc(OCc3ccc(C(=O)OC)cc3)cc2)C1=O. The van der Waals surface area contributed by atoms with Crippen LogP contribution in [0.1, 0.15) is 41.8 Å². The first-order chi connectivity index (χ1) is 14.4. The lowest BCUT2D eigenvalue weighted by molar-refractivity contribution is -0.130. The van der Waals surface area contributed by atoms with Crippen molar-refractivity contribution in [2.45, 2.75) is 32.4 Å². The Hall–Kier alpha value is -3.68. The molecule has 0 aromatic heterocycles. The smallest absolute Gasteiger partial charge is 0.346 e. The molecule has 0 saturated carbocycles. The molecule has 1 aliphatic heterocycles. The summed E-state index contributed by atoms with van der Waals surface area (Å²) in [6.07, 6.45) is 1.94. The number of carbonyl (C=O) groups excluding carboxylic acids is 3. The van der Waals surface area contributed by atoms with E-state index in [4.69, 9.17) is 4.74 Å². The summed E-state index contributed by atoms with van der Waals surface area (Å²) in [4.78, 5) is 35.7. The summed E-state index contributed by atoms with van der Waals surface area (Å²) in [5.74, 6) is -0.102. The number of imide groups is 1. The number of hydrogen-bond acceptors (Lipinski definition) is 6. The van der Waals surface area contributed by atoms with E-state index in [0.29, 0.717) is 24.3 Å². The maximum absolute atomic E-state index is 12.3. The van der Waals surface area contributed by atoms with Crippen molar-refractivity contribution < 1.29 is 23.9 Å². The fraction of sp³-hybridized carbons (Fsp3) is 0.273. The third kappa shape index (κ3) is 4.48. The van der Waals surface area contributed by atoms with E-state index in [1.165, 1.54) is 13.3 Å². The van der Waals surface area contributed by atoms with Gasteiger partial charge in [0.15, 0.2) is 0 Å². The highest BCUT2D eigenvalue weighted by Crippen LogP contribution is 2.21. The van der Waals surface area contributed by atoms with Crippen LogP contribution >= 0.6 is 0 Å². The zero-order valence-electron chi connectivity index (χ0n) is 17.0. The minimum Gasteiger partial charge on any atom is -0.489 e. The Kier molecular flexibility index (Phi) is 6.15. The van der Waals surface area contributed by atoms with Crippen molar-refractivity contribution in [1.29, 1.82) is 0 Å². The van der Waals surface area contributed by atoms with Crippen molar-refractivity contribution in [3.63, 3.8) is 0 Å². The number of carbonyl (C=O) groups is 3. The number of benzene rings is 2. The third-order valence-corrected chi connectivity index (χ3v) is 4.93. The molecule has 1 fully saturated rings. The number of esters is 1. The van der Waals surface area contributed by atoms with E-state index in [1.54, 1.807) is 55.5 Å². The summed E-state index contributed by atoms with van der Waals surface area (Å²) in [6, 6.07) is 13.5. The Labute approximate surface area is 174 Å². The monoisotopic (exact) mass is 409 g/mol. The molecule has 2 aromatic carbocycles. The van der Waals surface area contributed by atoms with E-state index < -0.39 is 11.6 Å². The van der Waals surface area contributed by atoms with Gasteiger partial charge in [0.25, 0.3) is 5.91 Å². The van der Waals surface area contributed by atoms with Gasteiger partial charge in [0, 0.05) is 0 Å². The largest absolute Gasteiger partial charge is 0.489 e. The molecule has 1 unspecified atom stereocenters. The Morgan fingerprint density at radius 2 is 1.80 bits per heavy atom. The van der Waals surface area contributed by atoms with E-state index in [0.717, 1.165) is 16.1 Å². The minimum atomic E-state index is -0.916. The summed E-state index contributed by atoms with van der Waals surface area (Å²) in [7, 11) is 1.34. The van der Waals surface area contributed by atoms with Crippen LogP contribution in [0.5, 0.6) is 5.75 Å². The van der Waals surface area contributed by atoms with Gasteiger partial charge in [-0.1, -0.05) is 19.1 Å². The van der Waals surface area contributed by atoms with Gasteiger partial charge in [-0.05, 0) is 60.9 Å². The molecule has 1 aliphatic rings. The fourth-order valence-corrected chi connectivity index (χ4v) is 2.81. The van der Waals surface area contributed by atoms with Crippen LogP contribution in [0, 0.1) is 0 Å². The number of hydrazone groups is 1. The van der Waals surface area contributed by atoms with Crippen molar-refractivity contribution in [1.82, 2.24) is 10.3 Å². The molecule has 1 N–H and O–H groups in total. The third-order valence-electron chi connectivity index (χ3n) is 4.93. The van der Waals surface area contributed by atoms with Gasteiger partial charge in [-0.25, -0.2) is 9.59 Å². The standard InChI is InChI=1S/C22H23N3O5/c1-4-22(2)20(27)25(21(28)24-22)23-13-15-7-11-18(12-8-15)30-14-16-5-9-17(10-6-16)19(26)29-3/h5-13H,4,14H2,1-3H3,(H,24,28). The summed E-state index contributed by atoms with van der Waals surface area (Å²) in [5, 5.41) is 7.52. The number of nitrogens with zero attached hydrogens (tertiary/aromatic N) is 2. The zero-order chi connectivity index (χ0) is 21.7. The molecule has 1 heterocycles. The molecule has 0 spiro atoms. The van der Waals surface area contributed by atoms with Crippen molar-refractivity contribution in [2.75, 3.05) is 7.11 Å². The Morgan fingerprint density at radius 1 is 1.13 bits per heavy atom. The molecular weight excluding hydrogens is 386 g/mol. The maximum Gasteiger partial charge on any atom is 0.346 e. The summed E-state index contributed by atoms with van der Waals surface area (Å²) >= 11 is 0. The predicted molar refractivity (Wildman–Crippen MR) is 110 cm³/mol. The molecule has 30 heavy (non-hydrogen) atoms. The van der Waals surface area contributed by atoms with Gasteiger partial charge < -0.3 is 14.8 Å². The highest BCUT2D eigenvalue weighted by atomic mass is 16.5. The lowest BCUT2D eigenvalue weighted by Gasteiger charge is -2.17. The molecule has 1 saturated heterocycles. The van der Waals surface area contributed by atoms with Crippen molar-refractivity contribution in [2.24, 2.45) is 5.10 Å². The van der Waals surface area contributed by atoms with Gasteiger partial charge in [-0.3, -0.25) is 4.79 Å². The van der Waals surface area contributed by atoms with Crippen LogP contribution in [0.3, 0.4) is 0 Å². The molecule has 0 radical (unpaired) electrons. The first-order valence-electron chi connectivity index (χ1n) is 9.47. The van der Waals surface area contributed by atoms with Crippen LogP contribution < -0.4 is 10.1 Å². The molecule has 156 valence electrons. The highest BCUT2D eigenvalue weighted by Gasteiger charge is 2.46. The van der Waals surface area contributed by atoms with E-state index in [9.17, 15) is 14.4 Å². The van der Waals surface area contributed by atoms with E-state index >= 15 is 0 Å². The second-order valence-electron chi connectivity index (χ2n) is 7.02. The van der Waals surface area contributed by atoms with Crippen molar-refractivity contribution in [3.05, 3.63) is 65.2 Å². The van der Waals surface area contributed by atoms with Crippen LogP contribution in [-0.4, -0.2) is 41.8 Å². The highest BCUT2D eigenvalue weighted by molar-refractivity contribution is 6.07. The summed E-state index contributed by atoms with van der Waals surface area (Å²) < 4.78 is 10.4. The molecule has 2 aromatic rings. The van der Waals surface area contributed by atoms with E-state index in [1.807, 2.05) is 6.92 Å². The second-order valence-corrected chi connectivity index (χ2v) is 7.02. The molecular formula is C22H23N3O5. The van der Waals surface area contributed by atoms with Gasteiger partial charge in [0.2, 0.25) is 0 Å². The van der Waals surface area contributed by atoms with E-state index in [-0.39, 0.29) is 11.9 Å². The summed E-state index contributed by atoms with van der Waals surface area (Å²) in [5.41, 5.74) is 1.19. The topological polar surface area (TPSA) is 97.3 Å². The molecule has 8 nitrogen and oxygen atoms in total. The molecule has 8 heteroatoms. The molecule has 3 rings (SSSR count). The van der Waals surface area contributed by atoms with Crippen LogP contribution in [-0.2, 0) is 16.1 Å². The summed E-state index contributed by atoms with van der Waals surface area (Å²) in [6.45, 7) is 3.85. The lowest BCUT2D eigenvalue weighted by Crippen LogP contribution is -2.42. The van der Waals surface area contributed by atoms with Gasteiger partial charge in [-0.15, -0.1) is 5.01 Å². The number of amides is 3. The van der Waals surface area contributed by atoms with Crippen LogP contribution in [0.15, 0.2) is 53.6 Å². The van der Waals surface area contributed by atoms with Gasteiger partial charge in [0.05, 0.1) is 18.9 Å². The van der Waals surface area contributed by atoms with E-state index in [2.05, 4.69) is 15.2 Å². The van der Waals surface area contributed by atoms with Gasteiger partial charge in [-0.2, -0.15) is 5.10 Å². The molecule has 1 atom stereocenters. The van der Waals surface area contributed by atoms with Crippen LogP contribution in [0.4, 0.5) is 4.79 Å². The van der Waals surface area contributed by atoms with Gasteiger partial charge >= 0.3 is 12.0 Å². The number of methoxy groups -OCH3 is 1. The minimum absolute atomic E-state index is 0.340. The number of urea groups is 1. The predicted octanol–water partition coefficient (Wildman–Crippen LogP) is 3.11. The molecule has 0 bridgehead atoms. The number of nitrogens with one attached hydrogen (secondary N) is 1. The fourth-order valence-electron chi connectivity index (χ4n) is 2.81. The first kappa shape index (κ1) is 21.0. The van der Waals surface area contributed by atoms with Gasteiger partial charge in [0.1, 0.15) is 17.9 Å². The first-order valence-corrected chi connectivity index (χ1v) is 9.47. The number of ether oxygens (including phenoxy) is 2. The number of hydrogen-bond donors (Lipinski definition) is 1. The maximum atomic E-state index is 12.3. The Morgan fingerprint density at radius 3 is 2.37 bits per heavy atom. The van der Waals surface area contributed by atoms with Crippen molar-refractivity contribution in [3.8, 4) is 5.75 Å². The normalized spacial score (nSPS) is 18.6.